The van der Waals surface area contributed by atoms with Crippen LogP contribution in [0.3, 0.4) is 0 Å². The van der Waals surface area contributed by atoms with E-state index in [1.807, 2.05) is 34.6 Å². The molecule has 0 aromatic rings. The van der Waals surface area contributed by atoms with Gasteiger partial charge >= 0.3 is 7.05 Å². The standard InChI is InChI=1S/C9H19BN2O2.C2H6/c1-8(2)6-9(3,7(13)11-8)12(5)10(4)14;1-2/h14H,6H2,1-5H3,(H,11,13);1-2H3. The smallest absolute Gasteiger partial charge is 0.377 e. The van der Waals surface area contributed by atoms with Crippen LogP contribution in [0.4, 0.5) is 0 Å². The van der Waals surface area contributed by atoms with Crippen molar-refractivity contribution >= 4 is 13.0 Å². The first-order valence-corrected chi connectivity index (χ1v) is 5.93. The summed E-state index contributed by atoms with van der Waals surface area (Å²) in [6, 6.07) is 0. The Labute approximate surface area is 99.5 Å². The first kappa shape index (κ1) is 15.5. The minimum Gasteiger partial charge on any atom is -0.437 e. The molecule has 0 aromatic heterocycles. The van der Waals surface area contributed by atoms with E-state index in [1.165, 1.54) is 0 Å². The number of amides is 1. The summed E-state index contributed by atoms with van der Waals surface area (Å²) in [4.78, 5) is 13.5. The summed E-state index contributed by atoms with van der Waals surface area (Å²) >= 11 is 0. The van der Waals surface area contributed by atoms with Crippen molar-refractivity contribution in [3.8, 4) is 0 Å². The van der Waals surface area contributed by atoms with E-state index < -0.39 is 12.6 Å². The normalized spacial score (nSPS) is 27.2. The first-order valence-electron chi connectivity index (χ1n) is 5.93. The SMILES string of the molecule is CB(O)N(C)C1(C)CC(C)(C)NC1=O.CC. The first-order chi connectivity index (χ1) is 7.19. The van der Waals surface area contributed by atoms with Crippen LogP contribution in [0, 0.1) is 0 Å². The molecule has 1 unspecified atom stereocenters. The molecule has 5 heteroatoms. The van der Waals surface area contributed by atoms with E-state index in [0.717, 1.165) is 0 Å². The zero-order chi connectivity index (χ0) is 13.1. The Bertz CT molecular complexity index is 256. The van der Waals surface area contributed by atoms with Crippen molar-refractivity contribution in [2.24, 2.45) is 0 Å². The molecule has 16 heavy (non-hydrogen) atoms. The van der Waals surface area contributed by atoms with Crippen LogP contribution in [0.1, 0.15) is 41.0 Å². The number of rotatable bonds is 2. The van der Waals surface area contributed by atoms with Crippen molar-refractivity contribution in [2.45, 2.75) is 58.9 Å². The van der Waals surface area contributed by atoms with Gasteiger partial charge in [-0.2, -0.15) is 0 Å². The largest absolute Gasteiger partial charge is 0.437 e. The van der Waals surface area contributed by atoms with E-state index in [2.05, 4.69) is 5.32 Å². The van der Waals surface area contributed by atoms with Gasteiger partial charge in [0.2, 0.25) is 5.91 Å². The molecule has 1 heterocycles. The van der Waals surface area contributed by atoms with Crippen molar-refractivity contribution in [2.75, 3.05) is 7.05 Å². The lowest BCUT2D eigenvalue weighted by molar-refractivity contribution is -0.126. The lowest BCUT2D eigenvalue weighted by Crippen LogP contribution is -2.55. The highest BCUT2D eigenvalue weighted by atomic mass is 16.2. The van der Waals surface area contributed by atoms with Crippen LogP contribution < -0.4 is 5.32 Å². The van der Waals surface area contributed by atoms with Gasteiger partial charge in [0.25, 0.3) is 0 Å². The molecule has 1 fully saturated rings. The fourth-order valence-electron chi connectivity index (χ4n) is 2.12. The number of nitrogens with zero attached hydrogens (tertiary/aromatic N) is 1. The summed E-state index contributed by atoms with van der Waals surface area (Å²) in [5, 5.41) is 12.4. The Morgan fingerprint density at radius 2 is 1.81 bits per heavy atom. The van der Waals surface area contributed by atoms with E-state index in [0.29, 0.717) is 6.42 Å². The molecule has 1 amide bonds. The van der Waals surface area contributed by atoms with Crippen LogP contribution in [0.5, 0.6) is 0 Å². The lowest BCUT2D eigenvalue weighted by atomic mass is 9.77. The van der Waals surface area contributed by atoms with Gasteiger partial charge in [0, 0.05) is 5.54 Å². The van der Waals surface area contributed by atoms with Crippen molar-refractivity contribution in [1.82, 2.24) is 10.1 Å². The minimum absolute atomic E-state index is 0.00843. The molecule has 1 aliphatic rings. The Kier molecular flexibility index (Phi) is 5.01. The third-order valence-corrected chi connectivity index (χ3v) is 3.07. The van der Waals surface area contributed by atoms with Gasteiger partial charge < -0.3 is 15.2 Å². The number of carbonyl (C=O) groups excluding carboxylic acids is 1. The van der Waals surface area contributed by atoms with Crippen LogP contribution in [0.15, 0.2) is 0 Å². The molecule has 1 rings (SSSR count). The molecule has 1 saturated heterocycles. The topological polar surface area (TPSA) is 52.6 Å². The van der Waals surface area contributed by atoms with Gasteiger partial charge in [-0.1, -0.05) is 13.8 Å². The van der Waals surface area contributed by atoms with E-state index in [4.69, 9.17) is 0 Å². The second-order valence-corrected chi connectivity index (χ2v) is 5.03. The van der Waals surface area contributed by atoms with E-state index >= 15 is 0 Å². The van der Waals surface area contributed by atoms with Gasteiger partial charge in [-0.3, -0.25) is 4.79 Å². The Morgan fingerprint density at radius 1 is 1.38 bits per heavy atom. The van der Waals surface area contributed by atoms with Gasteiger partial charge in [-0.25, -0.2) is 0 Å². The summed E-state index contributed by atoms with van der Waals surface area (Å²) in [7, 11) is 1.16. The molecule has 0 aliphatic carbocycles. The molecule has 0 bridgehead atoms. The van der Waals surface area contributed by atoms with E-state index in [-0.39, 0.29) is 11.4 Å². The Balaban J connectivity index is 0.00000106. The maximum Gasteiger partial charge on any atom is 0.377 e. The van der Waals surface area contributed by atoms with Crippen molar-refractivity contribution in [1.29, 1.82) is 0 Å². The third-order valence-electron chi connectivity index (χ3n) is 3.07. The molecular weight excluding hydrogens is 203 g/mol. The van der Waals surface area contributed by atoms with Crippen LogP contribution in [-0.4, -0.2) is 40.9 Å². The quantitative estimate of drug-likeness (QED) is 0.696. The number of carbonyl (C=O) groups is 1. The predicted octanol–water partition coefficient (Wildman–Crippen LogP) is 1.11. The van der Waals surface area contributed by atoms with Gasteiger partial charge in [0.15, 0.2) is 0 Å². The molecule has 1 atom stereocenters. The van der Waals surface area contributed by atoms with Crippen molar-refractivity contribution < 1.29 is 9.82 Å². The fraction of sp³-hybridized carbons (Fsp3) is 0.909. The van der Waals surface area contributed by atoms with E-state index in [9.17, 15) is 9.82 Å². The molecule has 0 aromatic carbocycles. The zero-order valence-electron chi connectivity index (χ0n) is 11.6. The van der Waals surface area contributed by atoms with Gasteiger partial charge in [0.1, 0.15) is 0 Å². The minimum atomic E-state index is -0.611. The fourth-order valence-corrected chi connectivity index (χ4v) is 2.12. The average molecular weight is 228 g/mol. The highest BCUT2D eigenvalue weighted by Gasteiger charge is 2.50. The molecule has 2 N–H and O–H groups in total. The lowest BCUT2D eigenvalue weighted by Gasteiger charge is -2.34. The van der Waals surface area contributed by atoms with Gasteiger partial charge in [-0.05, 0) is 41.1 Å². The van der Waals surface area contributed by atoms with Crippen LogP contribution in [0.2, 0.25) is 6.82 Å². The highest BCUT2D eigenvalue weighted by molar-refractivity contribution is 6.46. The monoisotopic (exact) mass is 228 g/mol. The average Bonchev–Trinajstić information content (AvgIpc) is 2.38. The van der Waals surface area contributed by atoms with Crippen molar-refractivity contribution in [3.63, 3.8) is 0 Å². The maximum atomic E-state index is 11.8. The second kappa shape index (κ2) is 5.19. The molecule has 94 valence electrons. The zero-order valence-corrected chi connectivity index (χ0v) is 11.6. The van der Waals surface area contributed by atoms with Crippen LogP contribution >= 0.6 is 0 Å². The summed E-state index contributed by atoms with van der Waals surface area (Å²) in [5.41, 5.74) is -0.785. The van der Waals surface area contributed by atoms with Gasteiger partial charge in [0.05, 0.1) is 5.54 Å². The number of likely N-dealkylation sites (N-methyl/N-ethyl adjacent to an activating group) is 1. The Morgan fingerprint density at radius 3 is 2.06 bits per heavy atom. The molecule has 1 aliphatic heterocycles. The summed E-state index contributed by atoms with van der Waals surface area (Å²) in [6.45, 7) is 11.5. The third kappa shape index (κ3) is 2.98. The Hall–Kier alpha value is -0.545. The second-order valence-electron chi connectivity index (χ2n) is 5.03. The molecular formula is C11H25BN2O2. The molecule has 0 spiro atoms. The number of hydrogen-bond donors (Lipinski definition) is 2. The van der Waals surface area contributed by atoms with Gasteiger partial charge in [-0.15, -0.1) is 0 Å². The van der Waals surface area contributed by atoms with Crippen LogP contribution in [0.25, 0.3) is 0 Å². The highest BCUT2D eigenvalue weighted by Crippen LogP contribution is 2.32. The summed E-state index contributed by atoms with van der Waals surface area (Å²) < 4.78 is 0. The van der Waals surface area contributed by atoms with E-state index in [1.54, 1.807) is 18.7 Å². The predicted molar refractivity (Wildman–Crippen MR) is 68.2 cm³/mol. The van der Waals surface area contributed by atoms with Crippen LogP contribution in [-0.2, 0) is 4.79 Å². The number of nitrogens with one attached hydrogen (secondary N) is 1. The molecule has 0 saturated carbocycles. The number of hydrogen-bond acceptors (Lipinski definition) is 3. The summed E-state index contributed by atoms with van der Waals surface area (Å²) in [5.74, 6) is -0.00843. The molecule has 0 radical (unpaired) electrons. The summed E-state index contributed by atoms with van der Waals surface area (Å²) in [6.07, 6.45) is 0.709. The molecule has 4 nitrogen and oxygen atoms in total. The maximum absolute atomic E-state index is 11.8. The van der Waals surface area contributed by atoms with Crippen molar-refractivity contribution in [3.05, 3.63) is 0 Å².